The third-order valence-electron chi connectivity index (χ3n) is 6.80. The van der Waals surface area contributed by atoms with Crippen molar-refractivity contribution in [1.82, 2.24) is 0 Å². The molecule has 0 saturated carbocycles. The van der Waals surface area contributed by atoms with Crippen LogP contribution in [0.5, 0.6) is 23.0 Å². The van der Waals surface area contributed by atoms with Crippen LogP contribution in [0.3, 0.4) is 0 Å². The predicted molar refractivity (Wildman–Crippen MR) is 139 cm³/mol. The summed E-state index contributed by atoms with van der Waals surface area (Å²) in [5.74, 6) is 1.82. The topological polar surface area (TPSA) is 89.1 Å². The summed E-state index contributed by atoms with van der Waals surface area (Å²) in [4.78, 5) is 13.8. The van der Waals surface area contributed by atoms with Gasteiger partial charge in [0.1, 0.15) is 0 Å². The molecule has 0 fully saturated rings. The number of phenolic OH excluding ortho intramolecular Hbond substituents is 1. The number of benzene rings is 3. The molecule has 0 unspecified atom stereocenters. The van der Waals surface area contributed by atoms with Crippen molar-refractivity contribution in [1.29, 1.82) is 0 Å². The molecule has 3 aromatic rings. The molecule has 36 heavy (non-hydrogen) atoms. The van der Waals surface area contributed by atoms with E-state index in [1.807, 2.05) is 55.5 Å². The molecule has 7 nitrogen and oxygen atoms in total. The van der Waals surface area contributed by atoms with Gasteiger partial charge in [0.2, 0.25) is 0 Å². The smallest absolute Gasteiger partial charge is 0.163 e. The van der Waals surface area contributed by atoms with E-state index in [9.17, 15) is 9.90 Å². The number of rotatable bonds is 6. The zero-order valence-electron chi connectivity index (χ0n) is 20.6. The molecule has 3 aromatic carbocycles. The fourth-order valence-electron chi connectivity index (χ4n) is 5.08. The number of ketones is 1. The fraction of sp³-hybridized carbons (Fsp3) is 0.276. The Morgan fingerprint density at radius 1 is 0.889 bits per heavy atom. The van der Waals surface area contributed by atoms with Crippen molar-refractivity contribution in [3.05, 3.63) is 83.1 Å². The molecule has 1 aliphatic heterocycles. The largest absolute Gasteiger partial charge is 0.504 e. The number of allylic oxidation sites excluding steroid dienone is 1. The van der Waals surface area contributed by atoms with Crippen molar-refractivity contribution in [2.75, 3.05) is 31.5 Å². The molecule has 1 heterocycles. The quantitative estimate of drug-likeness (QED) is 0.406. The summed E-state index contributed by atoms with van der Waals surface area (Å²) in [5, 5.41) is 17.5. The van der Waals surface area contributed by atoms with Crippen molar-refractivity contribution in [2.24, 2.45) is 0 Å². The highest BCUT2D eigenvalue weighted by molar-refractivity contribution is 6.01. The average Bonchev–Trinajstić information content (AvgIpc) is 3.06. The molecule has 7 heteroatoms. The van der Waals surface area contributed by atoms with E-state index < -0.39 is 6.04 Å². The lowest BCUT2D eigenvalue weighted by molar-refractivity contribution is -0.116. The second kappa shape index (κ2) is 9.85. The highest BCUT2D eigenvalue weighted by Crippen LogP contribution is 2.46. The van der Waals surface area contributed by atoms with Crippen LogP contribution < -0.4 is 24.8 Å². The number of carbonyl (C=O) groups excluding carboxylic acids is 1. The monoisotopic (exact) mass is 486 g/mol. The van der Waals surface area contributed by atoms with Gasteiger partial charge in [0.25, 0.3) is 0 Å². The molecule has 0 saturated heterocycles. The number of hydrogen-bond donors (Lipinski definition) is 3. The maximum atomic E-state index is 13.8. The zero-order chi connectivity index (χ0) is 25.2. The van der Waals surface area contributed by atoms with Crippen molar-refractivity contribution in [3.8, 4) is 23.0 Å². The van der Waals surface area contributed by atoms with Crippen LogP contribution in [-0.2, 0) is 4.79 Å². The molecule has 0 amide bonds. The Morgan fingerprint density at radius 3 is 2.33 bits per heavy atom. The third-order valence-corrected chi connectivity index (χ3v) is 6.80. The molecule has 0 aromatic heterocycles. The van der Waals surface area contributed by atoms with E-state index in [2.05, 4.69) is 10.6 Å². The minimum absolute atomic E-state index is 0.0106. The molecular weight excluding hydrogens is 456 g/mol. The van der Waals surface area contributed by atoms with Gasteiger partial charge in [0, 0.05) is 17.7 Å². The van der Waals surface area contributed by atoms with E-state index in [4.69, 9.17) is 14.2 Å². The molecule has 2 aliphatic rings. The molecule has 0 spiro atoms. The van der Waals surface area contributed by atoms with E-state index in [0.717, 1.165) is 28.2 Å². The Kier molecular flexibility index (Phi) is 6.46. The summed E-state index contributed by atoms with van der Waals surface area (Å²) in [7, 11) is 3.14. The van der Waals surface area contributed by atoms with E-state index in [1.54, 1.807) is 19.2 Å². The second-order valence-electron chi connectivity index (χ2n) is 8.94. The molecule has 3 N–H and O–H groups in total. The Hall–Kier alpha value is -4.13. The van der Waals surface area contributed by atoms with Crippen LogP contribution in [0.4, 0.5) is 11.4 Å². The lowest BCUT2D eigenvalue weighted by atomic mass is 9.78. The fourth-order valence-corrected chi connectivity index (χ4v) is 5.08. The van der Waals surface area contributed by atoms with Gasteiger partial charge in [-0.1, -0.05) is 24.3 Å². The van der Waals surface area contributed by atoms with Crippen molar-refractivity contribution < 1.29 is 24.1 Å². The van der Waals surface area contributed by atoms with Crippen LogP contribution in [-0.4, -0.2) is 31.7 Å². The number of Topliss-reactive ketones (excluding diaryl/α,β-unsaturated/α-hetero) is 1. The van der Waals surface area contributed by atoms with Gasteiger partial charge < -0.3 is 30.0 Å². The van der Waals surface area contributed by atoms with Gasteiger partial charge in [-0.2, -0.15) is 0 Å². The molecule has 5 rings (SSSR count). The Labute approximate surface area is 210 Å². The van der Waals surface area contributed by atoms with Crippen LogP contribution >= 0.6 is 0 Å². The average molecular weight is 487 g/mol. The van der Waals surface area contributed by atoms with Crippen LogP contribution in [0, 0.1) is 0 Å². The van der Waals surface area contributed by atoms with Gasteiger partial charge in [0.05, 0.1) is 38.2 Å². The van der Waals surface area contributed by atoms with Crippen LogP contribution in [0.15, 0.2) is 71.9 Å². The minimum Gasteiger partial charge on any atom is -0.504 e. The summed E-state index contributed by atoms with van der Waals surface area (Å²) < 4.78 is 16.4. The number of phenols is 1. The Bertz CT molecular complexity index is 1330. The third kappa shape index (κ3) is 4.33. The number of para-hydroxylation sites is 2. The number of aromatic hydroxyl groups is 1. The number of ether oxygens (including phenoxy) is 3. The maximum Gasteiger partial charge on any atom is 0.163 e. The SMILES string of the molecule is CCOc1ccc([C@H]2CC(=O)C3=C(C2)Nc2ccccc2N[C@@H]3c2ccc(OC)c(O)c2)cc1OC. The lowest BCUT2D eigenvalue weighted by Crippen LogP contribution is -2.26. The van der Waals surface area contributed by atoms with Gasteiger partial charge in [-0.15, -0.1) is 0 Å². The Morgan fingerprint density at radius 2 is 1.61 bits per heavy atom. The first kappa shape index (κ1) is 23.6. The Balaban J connectivity index is 1.56. The summed E-state index contributed by atoms with van der Waals surface area (Å²) in [6.45, 7) is 2.48. The first-order valence-electron chi connectivity index (χ1n) is 12.1. The molecule has 1 aliphatic carbocycles. The van der Waals surface area contributed by atoms with Crippen LogP contribution in [0.2, 0.25) is 0 Å². The summed E-state index contributed by atoms with van der Waals surface area (Å²) in [6.07, 6.45) is 1.03. The number of fused-ring (bicyclic) bond motifs is 1. The van der Waals surface area contributed by atoms with Gasteiger partial charge in [-0.05, 0) is 66.8 Å². The first-order chi connectivity index (χ1) is 17.5. The summed E-state index contributed by atoms with van der Waals surface area (Å²) in [6, 6.07) is 18.6. The molecule has 0 bridgehead atoms. The standard InChI is InChI=1S/C29H30N2O5/c1-4-36-26-12-9-17(16-27(26)35-3)19-13-22-28(24(33)15-19)29(18-10-11-25(34-2)23(32)14-18)31-21-8-6-5-7-20(21)30-22/h5-12,14,16,19,29-32H,4,13,15H2,1-3H3/t19-,29-/m1/s1. The molecule has 2 atom stereocenters. The molecular formula is C29H30N2O5. The number of methoxy groups -OCH3 is 2. The number of carbonyl (C=O) groups is 1. The second-order valence-corrected chi connectivity index (χ2v) is 8.94. The molecule has 186 valence electrons. The van der Waals surface area contributed by atoms with E-state index in [-0.39, 0.29) is 17.5 Å². The van der Waals surface area contributed by atoms with Gasteiger partial charge >= 0.3 is 0 Å². The number of hydrogen-bond acceptors (Lipinski definition) is 7. The highest BCUT2D eigenvalue weighted by Gasteiger charge is 2.36. The van der Waals surface area contributed by atoms with E-state index >= 15 is 0 Å². The van der Waals surface area contributed by atoms with E-state index in [1.165, 1.54) is 7.11 Å². The van der Waals surface area contributed by atoms with Gasteiger partial charge in [0.15, 0.2) is 28.8 Å². The number of anilines is 2. The van der Waals surface area contributed by atoms with Crippen LogP contribution in [0.1, 0.15) is 42.9 Å². The van der Waals surface area contributed by atoms with Crippen molar-refractivity contribution in [3.63, 3.8) is 0 Å². The zero-order valence-corrected chi connectivity index (χ0v) is 20.6. The normalized spacial score (nSPS) is 18.8. The number of nitrogens with one attached hydrogen (secondary N) is 2. The van der Waals surface area contributed by atoms with E-state index in [0.29, 0.717) is 42.3 Å². The predicted octanol–water partition coefficient (Wildman–Crippen LogP) is 5.79. The minimum atomic E-state index is -0.420. The van der Waals surface area contributed by atoms with Gasteiger partial charge in [-0.25, -0.2) is 0 Å². The highest BCUT2D eigenvalue weighted by atomic mass is 16.5. The van der Waals surface area contributed by atoms with Crippen LogP contribution in [0.25, 0.3) is 0 Å². The summed E-state index contributed by atoms with van der Waals surface area (Å²) >= 11 is 0. The van der Waals surface area contributed by atoms with Gasteiger partial charge in [-0.3, -0.25) is 4.79 Å². The summed E-state index contributed by atoms with van der Waals surface area (Å²) in [5.41, 5.74) is 5.17. The van der Waals surface area contributed by atoms with Crippen molar-refractivity contribution >= 4 is 17.2 Å². The lowest BCUT2D eigenvalue weighted by Gasteiger charge is -2.30. The first-order valence-corrected chi connectivity index (χ1v) is 12.1. The molecule has 0 radical (unpaired) electrons. The maximum absolute atomic E-state index is 13.8. The van der Waals surface area contributed by atoms with Crippen molar-refractivity contribution in [2.45, 2.75) is 31.7 Å².